The van der Waals surface area contributed by atoms with Gasteiger partial charge in [-0.25, -0.2) is 15.0 Å². The molecule has 18 nitrogen and oxygen atoms in total. The van der Waals surface area contributed by atoms with Gasteiger partial charge in [-0.2, -0.15) is 0 Å². The van der Waals surface area contributed by atoms with Gasteiger partial charge >= 0.3 is 0 Å². The fourth-order valence-electron chi connectivity index (χ4n) is 9.68. The van der Waals surface area contributed by atoms with E-state index < -0.39 is 0 Å². The second-order valence-electron chi connectivity index (χ2n) is 21.4. The van der Waals surface area contributed by atoms with Gasteiger partial charge in [-0.1, -0.05) is 53.9 Å². The molecule has 81 heavy (non-hydrogen) atoms. The SMILES string of the molecule is C.C1CCCNCC1.CC(C)OC1CCC1.CCN(CC)CC.Cc1ncc(CCl)c(-c2ncc[nH]2)c1O.Cc1ncc(CN2CC(OC(C)C)C2)c(-c2ncc[nH]2)c1O.Cc1ncc(CN2CCCCCC2)c(-c2ncc[nH]2)c1O. The van der Waals surface area contributed by atoms with E-state index in [1.54, 1.807) is 57.2 Å². The number of H-pyrrole nitrogens is 3. The number of nitrogens with zero attached hydrogens (tertiary/aromatic N) is 9. The molecule has 450 valence electrons. The van der Waals surface area contributed by atoms with Crippen molar-refractivity contribution in [1.82, 2.24) is 64.9 Å². The lowest BCUT2D eigenvalue weighted by molar-refractivity contribution is -0.0833. The molecule has 1 aliphatic carbocycles. The van der Waals surface area contributed by atoms with Gasteiger partial charge in [0.25, 0.3) is 0 Å². The Morgan fingerprint density at radius 2 is 0.926 bits per heavy atom. The fourth-order valence-corrected chi connectivity index (χ4v) is 9.88. The van der Waals surface area contributed by atoms with Gasteiger partial charge in [-0.3, -0.25) is 24.8 Å². The Morgan fingerprint density at radius 1 is 0.543 bits per heavy atom. The molecule has 3 aliphatic heterocycles. The number of hydrogen-bond acceptors (Lipinski definition) is 15. The first-order valence-electron chi connectivity index (χ1n) is 29.4. The Kier molecular flexibility index (Phi) is 31.0. The van der Waals surface area contributed by atoms with Crippen molar-refractivity contribution in [3.63, 3.8) is 0 Å². The zero-order chi connectivity index (χ0) is 57.8. The third-order valence-electron chi connectivity index (χ3n) is 14.5. The summed E-state index contributed by atoms with van der Waals surface area (Å²) < 4.78 is 11.3. The first kappa shape index (κ1) is 68.0. The maximum atomic E-state index is 10.4. The summed E-state index contributed by atoms with van der Waals surface area (Å²) >= 11 is 5.78. The number of pyridine rings is 3. The van der Waals surface area contributed by atoms with Crippen LogP contribution in [-0.4, -0.2) is 158 Å². The molecule has 0 radical (unpaired) electrons. The molecule has 4 aliphatic rings. The van der Waals surface area contributed by atoms with Crippen LogP contribution in [0, 0.1) is 20.8 Å². The molecule has 0 aromatic carbocycles. The minimum absolute atomic E-state index is 0. The number of imidazole rings is 3. The predicted octanol–water partition coefficient (Wildman–Crippen LogP) is 12.3. The van der Waals surface area contributed by atoms with Crippen molar-refractivity contribution in [2.75, 3.05) is 58.9 Å². The Morgan fingerprint density at radius 3 is 1.26 bits per heavy atom. The first-order chi connectivity index (χ1) is 38.7. The predicted molar refractivity (Wildman–Crippen MR) is 329 cm³/mol. The van der Waals surface area contributed by atoms with Crippen LogP contribution >= 0.6 is 11.6 Å². The summed E-state index contributed by atoms with van der Waals surface area (Å²) in [7, 11) is 0. The number of likely N-dealkylation sites (tertiary alicyclic amines) is 2. The van der Waals surface area contributed by atoms with Crippen LogP contribution in [0.3, 0.4) is 0 Å². The van der Waals surface area contributed by atoms with Gasteiger partial charge in [-0.05, 0) is 156 Å². The van der Waals surface area contributed by atoms with E-state index in [4.69, 9.17) is 21.1 Å². The highest BCUT2D eigenvalue weighted by Crippen LogP contribution is 2.36. The number of halogens is 1. The fraction of sp³-hybridized carbons (Fsp3) is 0.613. The van der Waals surface area contributed by atoms with Crippen molar-refractivity contribution in [2.45, 2.75) is 191 Å². The maximum Gasteiger partial charge on any atom is 0.148 e. The van der Waals surface area contributed by atoms with Crippen molar-refractivity contribution < 1.29 is 24.8 Å². The Hall–Kier alpha value is -5.47. The number of hydrogen-bond donors (Lipinski definition) is 7. The van der Waals surface area contributed by atoms with Crippen LogP contribution in [0.5, 0.6) is 17.2 Å². The van der Waals surface area contributed by atoms with Crippen LogP contribution in [0.4, 0.5) is 0 Å². The third-order valence-corrected chi connectivity index (χ3v) is 14.8. The number of aromatic hydroxyl groups is 3. The molecule has 0 unspecified atom stereocenters. The summed E-state index contributed by atoms with van der Waals surface area (Å²) in [6.45, 7) is 31.9. The maximum absolute atomic E-state index is 10.4. The highest BCUT2D eigenvalue weighted by atomic mass is 35.5. The minimum Gasteiger partial charge on any atom is -0.505 e. The third kappa shape index (κ3) is 22.3. The summed E-state index contributed by atoms with van der Waals surface area (Å²) in [4.78, 5) is 41.5. The smallest absolute Gasteiger partial charge is 0.148 e. The molecule has 7 N–H and O–H groups in total. The zero-order valence-electron chi connectivity index (χ0n) is 49.8. The van der Waals surface area contributed by atoms with Crippen molar-refractivity contribution in [2.24, 2.45) is 0 Å². The molecular weight excluding hydrogens is 1040 g/mol. The summed E-state index contributed by atoms with van der Waals surface area (Å²) in [6, 6.07) is 0. The van der Waals surface area contributed by atoms with Crippen LogP contribution in [-0.2, 0) is 28.4 Å². The van der Waals surface area contributed by atoms with E-state index in [2.05, 4.69) is 113 Å². The van der Waals surface area contributed by atoms with E-state index in [0.29, 0.717) is 58.4 Å². The number of alkyl halides is 1. The molecule has 4 fully saturated rings. The van der Waals surface area contributed by atoms with Gasteiger partial charge in [0.1, 0.15) is 34.7 Å². The van der Waals surface area contributed by atoms with Crippen LogP contribution in [0.2, 0.25) is 0 Å². The average molecular weight is 1140 g/mol. The molecule has 0 bridgehead atoms. The zero-order valence-corrected chi connectivity index (χ0v) is 50.6. The van der Waals surface area contributed by atoms with E-state index in [9.17, 15) is 15.3 Å². The molecule has 1 saturated carbocycles. The Labute approximate surface area is 489 Å². The van der Waals surface area contributed by atoms with Gasteiger partial charge in [-0.15, -0.1) is 11.6 Å². The summed E-state index contributed by atoms with van der Waals surface area (Å²) in [5.74, 6) is 2.84. The van der Waals surface area contributed by atoms with E-state index in [-0.39, 0.29) is 36.7 Å². The number of aromatic amines is 3. The van der Waals surface area contributed by atoms with Crippen LogP contribution in [0.1, 0.15) is 160 Å². The van der Waals surface area contributed by atoms with Gasteiger partial charge in [0, 0.05) is 87.8 Å². The first-order valence-corrected chi connectivity index (χ1v) is 30.0. The van der Waals surface area contributed by atoms with Crippen molar-refractivity contribution >= 4 is 11.6 Å². The van der Waals surface area contributed by atoms with Crippen LogP contribution in [0.25, 0.3) is 34.2 Å². The molecule has 6 aromatic rings. The molecule has 9 heterocycles. The highest BCUT2D eigenvalue weighted by Gasteiger charge is 2.30. The lowest BCUT2D eigenvalue weighted by Gasteiger charge is -2.40. The normalized spacial score (nSPS) is 15.8. The summed E-state index contributed by atoms with van der Waals surface area (Å²) in [6.07, 6.45) is 31.9. The Bertz CT molecular complexity index is 2570. The largest absolute Gasteiger partial charge is 0.505 e. The monoisotopic (exact) mass is 1140 g/mol. The topological polar surface area (TPSA) is 226 Å². The van der Waals surface area contributed by atoms with Crippen LogP contribution in [0.15, 0.2) is 55.8 Å². The van der Waals surface area contributed by atoms with Gasteiger partial charge < -0.3 is 50.0 Å². The van der Waals surface area contributed by atoms with E-state index in [1.165, 1.54) is 103 Å². The molecule has 0 spiro atoms. The lowest BCUT2D eigenvalue weighted by Crippen LogP contribution is -2.52. The van der Waals surface area contributed by atoms with Crippen molar-refractivity contribution in [3.8, 4) is 51.4 Å². The van der Waals surface area contributed by atoms with E-state index in [0.717, 1.165) is 67.1 Å². The quantitative estimate of drug-likeness (QED) is 0.0475. The van der Waals surface area contributed by atoms with E-state index in [1.807, 2.05) is 19.3 Å². The second kappa shape index (κ2) is 36.9. The minimum atomic E-state index is 0. The number of aromatic nitrogens is 9. The number of rotatable bonds is 15. The molecule has 0 amide bonds. The van der Waals surface area contributed by atoms with Crippen molar-refractivity contribution in [1.29, 1.82) is 0 Å². The molecule has 6 aromatic heterocycles. The molecule has 0 atom stereocenters. The van der Waals surface area contributed by atoms with Gasteiger partial charge in [0.2, 0.25) is 0 Å². The molecule has 19 heteroatoms. The number of ether oxygens (including phenoxy) is 2. The molecule has 3 saturated heterocycles. The Balaban J connectivity index is 0.000000221. The van der Waals surface area contributed by atoms with Gasteiger partial charge in [0.15, 0.2) is 0 Å². The summed E-state index contributed by atoms with van der Waals surface area (Å²) in [5.41, 5.74) is 6.74. The molecule has 10 rings (SSSR count). The lowest BCUT2D eigenvalue weighted by atomic mass is 9.96. The average Bonchev–Trinajstić information content (AvgIpc) is 4.28. The highest BCUT2D eigenvalue weighted by molar-refractivity contribution is 6.17. The second-order valence-corrected chi connectivity index (χ2v) is 21.7. The van der Waals surface area contributed by atoms with Gasteiger partial charge in [0.05, 0.1) is 58.2 Å². The standard InChI is InChI=1S/C16H22N4O2.C16H22N4O.C10H10ClN3O.C7H14O.C6H13N.C6H15N.CH4/c1-10(2)22-13-8-20(9-13)7-12-6-19-11(3)15(21)14(12)16-17-4-5-18-16;1-12-15(21)14(16-17-6-7-18-16)13(10-19-12)11-20-8-4-2-3-5-9-20;1-6-9(15)8(7(4-11)5-14-6)10-12-2-3-13-10;1-6(2)8-7-4-3-5-7;1-2-4-6-7-5-3-1;1-4-7(5-2)6-3;/h4-6,10,13,21H,7-9H2,1-3H3,(H,17,18);6-7,10,21H,2-5,8-9,11H2,1H3,(H,17,18);2-3,5,15H,4H2,1H3,(H,12,13);6-7H,3-5H2,1-2H3;7H,1-6H2;4-6H2,1-3H3;1H4. The summed E-state index contributed by atoms with van der Waals surface area (Å²) in [5, 5.41) is 34.0. The number of nitrogens with one attached hydrogen (secondary N) is 4. The van der Waals surface area contributed by atoms with Crippen molar-refractivity contribution in [3.05, 3.63) is 89.5 Å². The number of aryl methyl sites for hydroxylation is 3. The van der Waals surface area contributed by atoms with E-state index >= 15 is 0 Å². The molecular formula is C62H100ClN13O5. The van der Waals surface area contributed by atoms with Crippen LogP contribution < -0.4 is 5.32 Å².